The molecule has 2 rings (SSSR count). The van der Waals surface area contributed by atoms with Gasteiger partial charge in [0.2, 0.25) is 0 Å². The molecule has 0 atom stereocenters. The topological polar surface area (TPSA) is 29.1 Å². The Morgan fingerprint density at radius 2 is 2.00 bits per heavy atom. The number of carbonyl (C=O) groups excluding carboxylic acids is 1. The molecule has 0 bridgehead atoms. The van der Waals surface area contributed by atoms with E-state index in [2.05, 4.69) is 21.2 Å². The van der Waals surface area contributed by atoms with Crippen molar-refractivity contribution >= 4 is 33.4 Å². The van der Waals surface area contributed by atoms with Crippen molar-refractivity contribution in [3.8, 4) is 0 Å². The molecule has 1 aliphatic rings. The molecule has 1 aliphatic carbocycles. The number of amides is 1. The molecule has 0 saturated heterocycles. The Labute approximate surface area is 108 Å². The summed E-state index contributed by atoms with van der Waals surface area (Å²) in [5, 5.41) is 4.55. The molecular weight excluding hydrogens is 289 g/mol. The summed E-state index contributed by atoms with van der Waals surface area (Å²) in [5.74, 6) is -0.0178. The minimum atomic E-state index is -0.0310. The van der Waals surface area contributed by atoms with Crippen LogP contribution in [0.1, 0.15) is 29.6 Å². The second kappa shape index (κ2) is 4.76. The Balaban J connectivity index is 2.05. The predicted octanol–water partition coefficient (Wildman–Crippen LogP) is 3.39. The van der Waals surface area contributed by atoms with Crippen LogP contribution in [0.3, 0.4) is 0 Å². The van der Waals surface area contributed by atoms with E-state index in [0.717, 1.165) is 18.2 Å². The third-order valence-corrected chi connectivity index (χ3v) is 4.38. The lowest BCUT2D eigenvalue weighted by atomic mass is 9.78. The van der Waals surface area contributed by atoms with Crippen LogP contribution in [0.15, 0.2) is 24.3 Å². The average molecular weight is 303 g/mol. The molecule has 1 saturated carbocycles. The highest BCUT2D eigenvalue weighted by Crippen LogP contribution is 2.33. The summed E-state index contributed by atoms with van der Waals surface area (Å²) in [6.07, 6.45) is 3.29. The van der Waals surface area contributed by atoms with Gasteiger partial charge >= 0.3 is 0 Å². The predicted molar refractivity (Wildman–Crippen MR) is 69.3 cm³/mol. The largest absolute Gasteiger partial charge is 0.346 e. The summed E-state index contributed by atoms with van der Waals surface area (Å²) in [5.41, 5.74) is 0.633. The van der Waals surface area contributed by atoms with Crippen molar-refractivity contribution in [3.63, 3.8) is 0 Å². The van der Waals surface area contributed by atoms with Gasteiger partial charge in [-0.3, -0.25) is 4.79 Å². The molecular formula is C12H13BrClNO. The van der Waals surface area contributed by atoms with Crippen LogP contribution >= 0.6 is 27.5 Å². The van der Waals surface area contributed by atoms with Gasteiger partial charge in [-0.2, -0.15) is 0 Å². The normalized spacial score (nSPS) is 17.6. The number of benzene rings is 1. The molecule has 1 N–H and O–H groups in total. The number of hydrogen-bond acceptors (Lipinski definition) is 1. The van der Waals surface area contributed by atoms with E-state index in [1.54, 1.807) is 24.3 Å². The smallest absolute Gasteiger partial charge is 0.251 e. The Bertz CT molecular complexity index is 381. The van der Waals surface area contributed by atoms with Crippen LogP contribution in [-0.4, -0.2) is 16.8 Å². The second-order valence-electron chi connectivity index (χ2n) is 4.23. The van der Waals surface area contributed by atoms with Crippen LogP contribution < -0.4 is 5.32 Å². The molecule has 1 fully saturated rings. The number of carbonyl (C=O) groups is 1. The average Bonchev–Trinajstić information content (AvgIpc) is 2.24. The summed E-state index contributed by atoms with van der Waals surface area (Å²) in [7, 11) is 0. The van der Waals surface area contributed by atoms with Crippen molar-refractivity contribution < 1.29 is 4.79 Å². The number of halogens is 2. The first-order chi connectivity index (χ1) is 7.65. The Hall–Kier alpha value is -0.540. The van der Waals surface area contributed by atoms with E-state index < -0.39 is 0 Å². The zero-order chi connectivity index (χ0) is 11.6. The number of nitrogens with one attached hydrogen (secondary N) is 1. The van der Waals surface area contributed by atoms with Gasteiger partial charge in [0.15, 0.2) is 0 Å². The second-order valence-corrected chi connectivity index (χ2v) is 5.23. The van der Waals surface area contributed by atoms with Crippen LogP contribution in [0.5, 0.6) is 0 Å². The van der Waals surface area contributed by atoms with Crippen molar-refractivity contribution in [1.29, 1.82) is 0 Å². The fraction of sp³-hybridized carbons (Fsp3) is 0.417. The maximum Gasteiger partial charge on any atom is 0.251 e. The molecule has 16 heavy (non-hydrogen) atoms. The van der Waals surface area contributed by atoms with E-state index in [1.165, 1.54) is 6.42 Å². The first-order valence-corrected chi connectivity index (χ1v) is 6.79. The highest BCUT2D eigenvalue weighted by atomic mass is 79.9. The van der Waals surface area contributed by atoms with Gasteiger partial charge in [-0.05, 0) is 43.5 Å². The van der Waals surface area contributed by atoms with Gasteiger partial charge in [0.1, 0.15) is 0 Å². The molecule has 1 aromatic rings. The fourth-order valence-corrected chi connectivity index (χ4v) is 2.64. The van der Waals surface area contributed by atoms with E-state index in [0.29, 0.717) is 10.6 Å². The maximum absolute atomic E-state index is 11.9. The first kappa shape index (κ1) is 11.9. The summed E-state index contributed by atoms with van der Waals surface area (Å²) < 4.78 is 0. The van der Waals surface area contributed by atoms with Crippen LogP contribution in [0.4, 0.5) is 0 Å². The molecule has 2 nitrogen and oxygen atoms in total. The lowest BCUT2D eigenvalue weighted by Gasteiger charge is -2.41. The molecule has 0 radical (unpaired) electrons. The van der Waals surface area contributed by atoms with Gasteiger partial charge in [0.05, 0.1) is 5.54 Å². The Morgan fingerprint density at radius 1 is 1.38 bits per heavy atom. The molecule has 0 heterocycles. The van der Waals surface area contributed by atoms with Crippen LogP contribution in [0.25, 0.3) is 0 Å². The SMILES string of the molecule is O=C(NC1(CBr)CCC1)c1ccc(Cl)cc1. The number of alkyl halides is 1. The molecule has 0 unspecified atom stereocenters. The van der Waals surface area contributed by atoms with Crippen molar-refractivity contribution in [2.75, 3.05) is 5.33 Å². The van der Waals surface area contributed by atoms with E-state index in [1.807, 2.05) is 0 Å². The minimum Gasteiger partial charge on any atom is -0.346 e. The van der Waals surface area contributed by atoms with Gasteiger partial charge < -0.3 is 5.32 Å². The summed E-state index contributed by atoms with van der Waals surface area (Å²) in [6.45, 7) is 0. The van der Waals surface area contributed by atoms with E-state index >= 15 is 0 Å². The number of rotatable bonds is 3. The zero-order valence-corrected chi connectivity index (χ0v) is 11.1. The van der Waals surface area contributed by atoms with Crippen molar-refractivity contribution in [1.82, 2.24) is 5.32 Å². The third kappa shape index (κ3) is 2.41. The lowest BCUT2D eigenvalue weighted by molar-refractivity contribution is 0.0856. The first-order valence-electron chi connectivity index (χ1n) is 5.29. The highest BCUT2D eigenvalue weighted by Gasteiger charge is 2.37. The molecule has 1 amide bonds. The molecule has 4 heteroatoms. The quantitative estimate of drug-likeness (QED) is 0.852. The highest BCUT2D eigenvalue weighted by molar-refractivity contribution is 9.09. The lowest BCUT2D eigenvalue weighted by Crippen LogP contribution is -2.54. The van der Waals surface area contributed by atoms with Crippen LogP contribution in [0.2, 0.25) is 5.02 Å². The Kier molecular flexibility index (Phi) is 3.55. The van der Waals surface area contributed by atoms with Gasteiger partial charge in [-0.1, -0.05) is 27.5 Å². The molecule has 0 spiro atoms. The summed E-state index contributed by atoms with van der Waals surface area (Å²) in [6, 6.07) is 6.96. The van der Waals surface area contributed by atoms with Crippen LogP contribution in [-0.2, 0) is 0 Å². The molecule has 86 valence electrons. The van der Waals surface area contributed by atoms with Crippen molar-refractivity contribution in [2.45, 2.75) is 24.8 Å². The van der Waals surface area contributed by atoms with E-state index in [4.69, 9.17) is 11.6 Å². The van der Waals surface area contributed by atoms with Gasteiger partial charge in [0, 0.05) is 15.9 Å². The summed E-state index contributed by atoms with van der Waals surface area (Å²) >= 11 is 9.24. The molecule has 0 aromatic heterocycles. The van der Waals surface area contributed by atoms with E-state index in [9.17, 15) is 4.79 Å². The van der Waals surface area contributed by atoms with Gasteiger partial charge in [0.25, 0.3) is 5.91 Å². The summed E-state index contributed by atoms with van der Waals surface area (Å²) in [4.78, 5) is 11.9. The number of hydrogen-bond donors (Lipinski definition) is 1. The monoisotopic (exact) mass is 301 g/mol. The molecule has 1 aromatic carbocycles. The molecule has 0 aliphatic heterocycles. The fourth-order valence-electron chi connectivity index (χ4n) is 1.81. The minimum absolute atomic E-state index is 0.0178. The van der Waals surface area contributed by atoms with Crippen molar-refractivity contribution in [3.05, 3.63) is 34.9 Å². The maximum atomic E-state index is 11.9. The standard InChI is InChI=1S/C12H13BrClNO/c13-8-12(6-1-7-12)15-11(16)9-2-4-10(14)5-3-9/h2-5H,1,6-8H2,(H,15,16). The van der Waals surface area contributed by atoms with Crippen molar-refractivity contribution in [2.24, 2.45) is 0 Å². The zero-order valence-electron chi connectivity index (χ0n) is 8.80. The third-order valence-electron chi connectivity index (χ3n) is 3.05. The van der Waals surface area contributed by atoms with Gasteiger partial charge in [-0.25, -0.2) is 0 Å². The van der Waals surface area contributed by atoms with E-state index in [-0.39, 0.29) is 11.4 Å². The van der Waals surface area contributed by atoms with Crippen LogP contribution in [0, 0.1) is 0 Å². The van der Waals surface area contributed by atoms with Gasteiger partial charge in [-0.15, -0.1) is 0 Å². The Morgan fingerprint density at radius 3 is 2.44 bits per heavy atom.